The lowest BCUT2D eigenvalue weighted by Gasteiger charge is -2.15. The van der Waals surface area contributed by atoms with Crippen LogP contribution in [0.1, 0.15) is 16.1 Å². The first-order chi connectivity index (χ1) is 7.77. The zero-order valence-electron chi connectivity index (χ0n) is 8.92. The van der Waals surface area contributed by atoms with Crippen molar-refractivity contribution < 1.29 is 4.79 Å². The third-order valence-corrected chi connectivity index (χ3v) is 2.24. The van der Waals surface area contributed by atoms with Crippen molar-refractivity contribution in [1.29, 1.82) is 0 Å². The minimum absolute atomic E-state index is 0.141. The van der Waals surface area contributed by atoms with Gasteiger partial charge in [0.15, 0.2) is 5.69 Å². The van der Waals surface area contributed by atoms with E-state index in [1.54, 1.807) is 11.9 Å². The standard InChI is InChI=1S/C11H12N4O/c1-15(8-9-5-3-2-4-6-9)11(16)10-7-12-14-13-10/h2-7H,8H2,1H3,(H,12,13,14). The molecule has 0 saturated carbocycles. The Labute approximate surface area is 93.1 Å². The molecule has 5 nitrogen and oxygen atoms in total. The van der Waals surface area contributed by atoms with Crippen LogP contribution in [0, 0.1) is 0 Å². The number of hydrogen-bond acceptors (Lipinski definition) is 3. The maximum Gasteiger partial charge on any atom is 0.276 e. The van der Waals surface area contributed by atoms with Crippen LogP contribution in [0.25, 0.3) is 0 Å². The SMILES string of the molecule is CN(Cc1ccccc1)C(=O)c1cn[nH]n1. The van der Waals surface area contributed by atoms with Gasteiger partial charge < -0.3 is 4.90 Å². The van der Waals surface area contributed by atoms with Gasteiger partial charge >= 0.3 is 0 Å². The number of aromatic amines is 1. The number of nitrogens with zero attached hydrogens (tertiary/aromatic N) is 3. The topological polar surface area (TPSA) is 61.9 Å². The molecule has 0 aliphatic heterocycles. The van der Waals surface area contributed by atoms with E-state index >= 15 is 0 Å². The van der Waals surface area contributed by atoms with Crippen LogP contribution in [0.4, 0.5) is 0 Å². The van der Waals surface area contributed by atoms with E-state index in [2.05, 4.69) is 15.4 Å². The second-order valence-electron chi connectivity index (χ2n) is 3.50. The van der Waals surface area contributed by atoms with E-state index in [4.69, 9.17) is 0 Å². The molecule has 0 saturated heterocycles. The number of carbonyl (C=O) groups is 1. The van der Waals surface area contributed by atoms with Crippen molar-refractivity contribution in [3.05, 3.63) is 47.8 Å². The lowest BCUT2D eigenvalue weighted by Crippen LogP contribution is -2.26. The summed E-state index contributed by atoms with van der Waals surface area (Å²) in [6, 6.07) is 9.80. The molecular weight excluding hydrogens is 204 g/mol. The maximum atomic E-state index is 11.8. The zero-order valence-corrected chi connectivity index (χ0v) is 8.92. The smallest absolute Gasteiger partial charge is 0.276 e. The Bertz CT molecular complexity index is 452. The maximum absolute atomic E-state index is 11.8. The van der Waals surface area contributed by atoms with Gasteiger partial charge in [0, 0.05) is 13.6 Å². The molecule has 16 heavy (non-hydrogen) atoms. The highest BCUT2D eigenvalue weighted by Gasteiger charge is 2.14. The van der Waals surface area contributed by atoms with Gasteiger partial charge in [0.2, 0.25) is 0 Å². The van der Waals surface area contributed by atoms with E-state index in [0.717, 1.165) is 5.56 Å². The molecule has 0 radical (unpaired) electrons. The average molecular weight is 216 g/mol. The lowest BCUT2D eigenvalue weighted by atomic mass is 10.2. The summed E-state index contributed by atoms with van der Waals surface area (Å²) < 4.78 is 0. The molecule has 0 bridgehead atoms. The molecule has 1 amide bonds. The van der Waals surface area contributed by atoms with Gasteiger partial charge in [0.1, 0.15) is 0 Å². The summed E-state index contributed by atoms with van der Waals surface area (Å²) in [7, 11) is 1.74. The highest BCUT2D eigenvalue weighted by atomic mass is 16.2. The Kier molecular flexibility index (Phi) is 2.95. The van der Waals surface area contributed by atoms with Crippen molar-refractivity contribution in [3.8, 4) is 0 Å². The monoisotopic (exact) mass is 216 g/mol. The number of rotatable bonds is 3. The van der Waals surface area contributed by atoms with Crippen molar-refractivity contribution in [2.24, 2.45) is 0 Å². The first kappa shape index (κ1) is 10.4. The minimum Gasteiger partial charge on any atom is -0.336 e. The molecule has 1 heterocycles. The van der Waals surface area contributed by atoms with Crippen LogP contribution in [-0.2, 0) is 6.54 Å². The van der Waals surface area contributed by atoms with Gasteiger partial charge in [-0.05, 0) is 5.56 Å². The molecule has 0 unspecified atom stereocenters. The Morgan fingerprint density at radius 1 is 1.38 bits per heavy atom. The van der Waals surface area contributed by atoms with Gasteiger partial charge in [-0.3, -0.25) is 4.79 Å². The van der Waals surface area contributed by atoms with Crippen molar-refractivity contribution in [2.45, 2.75) is 6.54 Å². The van der Waals surface area contributed by atoms with Crippen LogP contribution in [0.2, 0.25) is 0 Å². The number of benzene rings is 1. The molecule has 2 rings (SSSR count). The molecular formula is C11H12N4O. The van der Waals surface area contributed by atoms with Crippen molar-refractivity contribution in [3.63, 3.8) is 0 Å². The Morgan fingerprint density at radius 2 is 2.12 bits per heavy atom. The molecule has 82 valence electrons. The van der Waals surface area contributed by atoms with Crippen LogP contribution in [0.3, 0.4) is 0 Å². The summed E-state index contributed by atoms with van der Waals surface area (Å²) in [5.41, 5.74) is 1.42. The Balaban J connectivity index is 2.04. The van der Waals surface area contributed by atoms with E-state index in [1.807, 2.05) is 30.3 Å². The molecule has 1 aromatic carbocycles. The highest BCUT2D eigenvalue weighted by Crippen LogP contribution is 2.05. The molecule has 0 aliphatic rings. The second kappa shape index (κ2) is 4.57. The molecule has 0 atom stereocenters. The van der Waals surface area contributed by atoms with Gasteiger partial charge in [-0.25, -0.2) is 0 Å². The molecule has 0 spiro atoms. The van der Waals surface area contributed by atoms with Crippen LogP contribution in [0.5, 0.6) is 0 Å². The molecule has 1 aromatic heterocycles. The summed E-state index contributed by atoms with van der Waals surface area (Å²) in [5.74, 6) is -0.141. The van der Waals surface area contributed by atoms with Gasteiger partial charge in [-0.2, -0.15) is 15.4 Å². The molecule has 5 heteroatoms. The van der Waals surface area contributed by atoms with Gasteiger partial charge in [0.05, 0.1) is 6.20 Å². The first-order valence-corrected chi connectivity index (χ1v) is 4.92. The summed E-state index contributed by atoms with van der Waals surface area (Å²) in [4.78, 5) is 13.4. The quantitative estimate of drug-likeness (QED) is 0.835. The largest absolute Gasteiger partial charge is 0.336 e. The fourth-order valence-corrected chi connectivity index (χ4v) is 1.43. The van der Waals surface area contributed by atoms with E-state index in [1.165, 1.54) is 6.20 Å². The summed E-state index contributed by atoms with van der Waals surface area (Å²) in [6.45, 7) is 0.562. The Morgan fingerprint density at radius 3 is 2.75 bits per heavy atom. The van der Waals surface area contributed by atoms with E-state index in [0.29, 0.717) is 12.2 Å². The minimum atomic E-state index is -0.141. The number of amides is 1. The van der Waals surface area contributed by atoms with Gasteiger partial charge in [-0.15, -0.1) is 0 Å². The van der Waals surface area contributed by atoms with Crippen LogP contribution < -0.4 is 0 Å². The molecule has 0 fully saturated rings. The summed E-state index contributed by atoms with van der Waals surface area (Å²) >= 11 is 0. The van der Waals surface area contributed by atoms with E-state index in [-0.39, 0.29) is 5.91 Å². The summed E-state index contributed by atoms with van der Waals surface area (Å²) in [5, 5.41) is 9.78. The number of H-pyrrole nitrogens is 1. The predicted molar refractivity (Wildman–Crippen MR) is 58.6 cm³/mol. The zero-order chi connectivity index (χ0) is 11.4. The van der Waals surface area contributed by atoms with Crippen molar-refractivity contribution in [2.75, 3.05) is 7.05 Å². The normalized spacial score (nSPS) is 10.1. The first-order valence-electron chi connectivity index (χ1n) is 4.92. The van der Waals surface area contributed by atoms with E-state index < -0.39 is 0 Å². The molecule has 0 aliphatic carbocycles. The third-order valence-electron chi connectivity index (χ3n) is 2.24. The molecule has 2 aromatic rings. The fourth-order valence-electron chi connectivity index (χ4n) is 1.43. The predicted octanol–water partition coefficient (Wildman–Crippen LogP) is 1.08. The summed E-state index contributed by atoms with van der Waals surface area (Å²) in [6.07, 6.45) is 1.42. The highest BCUT2D eigenvalue weighted by molar-refractivity contribution is 5.91. The van der Waals surface area contributed by atoms with Crippen LogP contribution >= 0.6 is 0 Å². The average Bonchev–Trinajstić information content (AvgIpc) is 2.83. The fraction of sp³-hybridized carbons (Fsp3) is 0.182. The van der Waals surface area contributed by atoms with E-state index in [9.17, 15) is 4.79 Å². The van der Waals surface area contributed by atoms with Gasteiger partial charge in [-0.1, -0.05) is 30.3 Å². The van der Waals surface area contributed by atoms with Crippen molar-refractivity contribution in [1.82, 2.24) is 20.3 Å². The Hall–Kier alpha value is -2.17. The number of carbonyl (C=O) groups excluding carboxylic acids is 1. The molecule has 1 N–H and O–H groups in total. The second-order valence-corrected chi connectivity index (χ2v) is 3.50. The van der Waals surface area contributed by atoms with Crippen LogP contribution in [-0.4, -0.2) is 33.3 Å². The van der Waals surface area contributed by atoms with Gasteiger partial charge in [0.25, 0.3) is 5.91 Å². The van der Waals surface area contributed by atoms with Crippen molar-refractivity contribution >= 4 is 5.91 Å². The third kappa shape index (κ3) is 2.25. The van der Waals surface area contributed by atoms with Crippen LogP contribution in [0.15, 0.2) is 36.5 Å². The lowest BCUT2D eigenvalue weighted by molar-refractivity contribution is 0.0779. The number of nitrogens with one attached hydrogen (secondary N) is 1. The number of hydrogen-bond donors (Lipinski definition) is 1. The number of aromatic nitrogens is 3.